The second-order valence-electron chi connectivity index (χ2n) is 3.83. The molecule has 1 aromatic rings. The van der Waals surface area contributed by atoms with Crippen LogP contribution in [0.5, 0.6) is 5.75 Å². The minimum absolute atomic E-state index is 0.000447. The van der Waals surface area contributed by atoms with Crippen molar-refractivity contribution in [3.05, 3.63) is 24.3 Å². The number of carbonyl (C=O) groups is 1. The molecule has 0 saturated carbocycles. The Labute approximate surface area is 116 Å². The number of carbonyl (C=O) groups excluding carboxylic acids is 1. The average Bonchev–Trinajstić information content (AvgIpc) is 2.65. The Morgan fingerprint density at radius 1 is 1.44 bits per heavy atom. The fraction of sp³-hybridized carbons (Fsp3) is 0.333. The van der Waals surface area contributed by atoms with E-state index in [1.807, 2.05) is 30.5 Å². The van der Waals surface area contributed by atoms with Gasteiger partial charge in [0.1, 0.15) is 11.8 Å². The van der Waals surface area contributed by atoms with Crippen molar-refractivity contribution in [1.29, 1.82) is 0 Å². The first kappa shape index (κ1) is 13.2. The molecule has 0 unspecified atom stereocenters. The van der Waals surface area contributed by atoms with Crippen molar-refractivity contribution in [1.82, 2.24) is 5.32 Å². The van der Waals surface area contributed by atoms with E-state index in [4.69, 9.17) is 17.0 Å². The van der Waals surface area contributed by atoms with Gasteiger partial charge in [0.15, 0.2) is 5.11 Å². The summed E-state index contributed by atoms with van der Waals surface area (Å²) in [7, 11) is 1.61. The number of amides is 1. The van der Waals surface area contributed by atoms with Gasteiger partial charge in [0.25, 0.3) is 5.91 Å². The van der Waals surface area contributed by atoms with Gasteiger partial charge < -0.3 is 10.1 Å². The first-order chi connectivity index (χ1) is 8.67. The van der Waals surface area contributed by atoms with Crippen molar-refractivity contribution >= 4 is 40.7 Å². The summed E-state index contributed by atoms with van der Waals surface area (Å²) in [4.78, 5) is 13.7. The molecule has 4 nitrogen and oxygen atoms in total. The summed E-state index contributed by atoms with van der Waals surface area (Å²) >= 11 is 6.82. The fourth-order valence-corrected chi connectivity index (χ4v) is 2.68. The van der Waals surface area contributed by atoms with Gasteiger partial charge in [-0.05, 0) is 42.7 Å². The average molecular weight is 282 g/mol. The molecule has 96 valence electrons. The topological polar surface area (TPSA) is 41.6 Å². The monoisotopic (exact) mass is 282 g/mol. The summed E-state index contributed by atoms with van der Waals surface area (Å²) in [6, 6.07) is 7.05. The molecular weight excluding hydrogens is 268 g/mol. The zero-order valence-electron chi connectivity index (χ0n) is 10.2. The Morgan fingerprint density at radius 2 is 2.11 bits per heavy atom. The zero-order valence-corrected chi connectivity index (χ0v) is 11.8. The SMILES string of the molecule is COc1ccc(N2C(=O)[C@H](CSC)NC2=S)cc1. The third kappa shape index (κ3) is 2.44. The minimum atomic E-state index is -0.227. The molecule has 6 heteroatoms. The number of ether oxygens (including phenoxy) is 1. The molecule has 0 aromatic heterocycles. The van der Waals surface area contributed by atoms with Crippen LogP contribution in [-0.2, 0) is 4.79 Å². The Bertz CT molecular complexity index is 462. The molecule has 1 heterocycles. The molecule has 1 aromatic carbocycles. The second kappa shape index (κ2) is 5.58. The Balaban J connectivity index is 2.21. The van der Waals surface area contributed by atoms with E-state index in [9.17, 15) is 4.79 Å². The van der Waals surface area contributed by atoms with Crippen molar-refractivity contribution in [2.45, 2.75) is 6.04 Å². The largest absolute Gasteiger partial charge is 0.497 e. The van der Waals surface area contributed by atoms with E-state index >= 15 is 0 Å². The van der Waals surface area contributed by atoms with Crippen molar-refractivity contribution in [3.63, 3.8) is 0 Å². The van der Waals surface area contributed by atoms with Gasteiger partial charge in [0.2, 0.25) is 0 Å². The van der Waals surface area contributed by atoms with Crippen LogP contribution < -0.4 is 15.0 Å². The molecule has 1 atom stereocenters. The molecule has 2 rings (SSSR count). The maximum atomic E-state index is 12.2. The number of nitrogens with zero attached hydrogens (tertiary/aromatic N) is 1. The highest BCUT2D eigenvalue weighted by molar-refractivity contribution is 7.98. The quantitative estimate of drug-likeness (QED) is 0.851. The highest BCUT2D eigenvalue weighted by Crippen LogP contribution is 2.23. The fourth-order valence-electron chi connectivity index (χ4n) is 1.79. The van der Waals surface area contributed by atoms with Gasteiger partial charge in [-0.15, -0.1) is 0 Å². The summed E-state index contributed by atoms with van der Waals surface area (Å²) in [6.45, 7) is 0. The molecule has 1 aliphatic heterocycles. The van der Waals surface area contributed by atoms with Crippen LogP contribution >= 0.6 is 24.0 Å². The first-order valence-corrected chi connectivity index (χ1v) is 7.25. The van der Waals surface area contributed by atoms with Gasteiger partial charge >= 0.3 is 0 Å². The van der Waals surface area contributed by atoms with Crippen LogP contribution in [0.4, 0.5) is 5.69 Å². The molecule has 0 radical (unpaired) electrons. The molecule has 0 spiro atoms. The van der Waals surface area contributed by atoms with Crippen LogP contribution in [0.3, 0.4) is 0 Å². The van der Waals surface area contributed by atoms with E-state index in [1.54, 1.807) is 18.9 Å². The second-order valence-corrected chi connectivity index (χ2v) is 5.13. The van der Waals surface area contributed by atoms with Crippen LogP contribution in [0.25, 0.3) is 0 Å². The molecular formula is C12H14N2O2S2. The normalized spacial score (nSPS) is 19.0. The highest BCUT2D eigenvalue weighted by Gasteiger charge is 2.35. The van der Waals surface area contributed by atoms with E-state index in [1.165, 1.54) is 4.90 Å². The summed E-state index contributed by atoms with van der Waals surface area (Å²) in [5.41, 5.74) is 0.766. The number of hydrogen-bond donors (Lipinski definition) is 1. The van der Waals surface area contributed by atoms with E-state index < -0.39 is 0 Å². The van der Waals surface area contributed by atoms with Crippen molar-refractivity contribution in [3.8, 4) is 5.75 Å². The summed E-state index contributed by atoms with van der Waals surface area (Å²) < 4.78 is 5.09. The van der Waals surface area contributed by atoms with E-state index in [0.717, 1.165) is 11.4 Å². The molecule has 0 aliphatic carbocycles. The van der Waals surface area contributed by atoms with E-state index in [2.05, 4.69) is 5.32 Å². The lowest BCUT2D eigenvalue weighted by atomic mass is 10.2. The predicted octanol–water partition coefficient (Wildman–Crippen LogP) is 1.65. The summed E-state index contributed by atoms with van der Waals surface area (Å²) in [6.07, 6.45) is 1.97. The van der Waals surface area contributed by atoms with Gasteiger partial charge in [-0.25, -0.2) is 0 Å². The van der Waals surface area contributed by atoms with Crippen LogP contribution in [0.1, 0.15) is 0 Å². The molecule has 1 aliphatic rings. The van der Waals surface area contributed by atoms with Gasteiger partial charge in [-0.3, -0.25) is 9.69 Å². The lowest BCUT2D eigenvalue weighted by Crippen LogP contribution is -2.32. The number of rotatable bonds is 4. The van der Waals surface area contributed by atoms with Crippen molar-refractivity contribution < 1.29 is 9.53 Å². The number of hydrogen-bond acceptors (Lipinski definition) is 4. The van der Waals surface area contributed by atoms with E-state index in [0.29, 0.717) is 10.9 Å². The Kier molecular flexibility index (Phi) is 4.08. The molecule has 18 heavy (non-hydrogen) atoms. The summed E-state index contributed by atoms with van der Waals surface area (Å²) in [5, 5.41) is 3.50. The van der Waals surface area contributed by atoms with E-state index in [-0.39, 0.29) is 11.9 Å². The Hall–Kier alpha value is -1.27. The number of anilines is 1. The molecule has 1 N–H and O–H groups in total. The lowest BCUT2D eigenvalue weighted by molar-refractivity contribution is -0.117. The van der Waals surface area contributed by atoms with Crippen LogP contribution in [0, 0.1) is 0 Å². The van der Waals surface area contributed by atoms with Crippen LogP contribution in [-0.4, -0.2) is 36.2 Å². The number of thiocarbonyl (C=S) groups is 1. The van der Waals surface area contributed by atoms with Crippen molar-refractivity contribution in [2.75, 3.05) is 24.0 Å². The maximum Gasteiger partial charge on any atom is 0.256 e. The number of methoxy groups -OCH3 is 1. The highest BCUT2D eigenvalue weighted by atomic mass is 32.2. The first-order valence-electron chi connectivity index (χ1n) is 5.45. The smallest absolute Gasteiger partial charge is 0.256 e. The van der Waals surface area contributed by atoms with Crippen molar-refractivity contribution in [2.24, 2.45) is 0 Å². The molecule has 1 amide bonds. The molecule has 1 saturated heterocycles. The molecule has 0 bridgehead atoms. The predicted molar refractivity (Wildman–Crippen MR) is 78.4 cm³/mol. The van der Waals surface area contributed by atoms with Gasteiger partial charge in [-0.2, -0.15) is 11.8 Å². The summed E-state index contributed by atoms with van der Waals surface area (Å²) in [5.74, 6) is 1.47. The lowest BCUT2D eigenvalue weighted by Gasteiger charge is -2.15. The number of nitrogens with one attached hydrogen (secondary N) is 1. The van der Waals surface area contributed by atoms with Gasteiger partial charge in [-0.1, -0.05) is 0 Å². The van der Waals surface area contributed by atoms with Crippen LogP contribution in [0.2, 0.25) is 0 Å². The number of benzene rings is 1. The number of thioether (sulfide) groups is 1. The van der Waals surface area contributed by atoms with Gasteiger partial charge in [0.05, 0.1) is 12.8 Å². The van der Waals surface area contributed by atoms with Crippen LogP contribution in [0.15, 0.2) is 24.3 Å². The van der Waals surface area contributed by atoms with Gasteiger partial charge in [0, 0.05) is 5.75 Å². The zero-order chi connectivity index (χ0) is 13.1. The third-order valence-corrected chi connectivity index (χ3v) is 3.65. The standard InChI is InChI=1S/C12H14N2O2S2/c1-16-9-5-3-8(4-6-9)14-11(15)10(7-18-2)13-12(14)17/h3-6,10H,7H2,1-2H3,(H,13,17)/t10-/m0/s1. The maximum absolute atomic E-state index is 12.2. The minimum Gasteiger partial charge on any atom is -0.497 e. The third-order valence-electron chi connectivity index (χ3n) is 2.68. The Morgan fingerprint density at radius 3 is 2.67 bits per heavy atom. The molecule has 1 fully saturated rings.